The lowest BCUT2D eigenvalue weighted by Gasteiger charge is -2.17. The normalized spacial score (nSPS) is 13.2. The first-order valence-corrected chi connectivity index (χ1v) is 8.25. The van der Waals surface area contributed by atoms with Crippen molar-refractivity contribution in [1.29, 1.82) is 0 Å². The zero-order valence-electron chi connectivity index (χ0n) is 13.9. The summed E-state index contributed by atoms with van der Waals surface area (Å²) >= 11 is 0. The average molecular weight is 334 g/mol. The van der Waals surface area contributed by atoms with Crippen molar-refractivity contribution in [3.05, 3.63) is 71.2 Å². The molecule has 2 aromatic carbocycles. The highest BCUT2D eigenvalue weighted by Crippen LogP contribution is 2.23. The van der Waals surface area contributed by atoms with Gasteiger partial charge in [0.1, 0.15) is 5.75 Å². The van der Waals surface area contributed by atoms with Crippen LogP contribution in [0.4, 0.5) is 0 Å². The molecule has 0 radical (unpaired) electrons. The van der Waals surface area contributed by atoms with E-state index in [2.05, 4.69) is 10.3 Å². The molecule has 0 saturated heterocycles. The third-order valence-corrected chi connectivity index (χ3v) is 4.25. The molecule has 1 aliphatic heterocycles. The van der Waals surface area contributed by atoms with Gasteiger partial charge in [0, 0.05) is 17.7 Å². The Hall–Kier alpha value is -3.08. The predicted molar refractivity (Wildman–Crippen MR) is 93.5 cm³/mol. The molecule has 1 N–H and O–H groups in total. The standard InChI is InChI=1S/C20H18N2O3/c1-13-2-4-14(5-3-13)18-11-22-19(25-18)12-24-16-6-7-17-15(10-16)8-9-21-20(17)23/h2-7,10-11H,8-9,12H2,1H3,(H,21,23). The van der Waals surface area contributed by atoms with E-state index in [0.717, 1.165) is 28.9 Å². The fraction of sp³-hybridized carbons (Fsp3) is 0.200. The molecule has 1 amide bonds. The van der Waals surface area contributed by atoms with Gasteiger partial charge in [-0.3, -0.25) is 4.79 Å². The number of rotatable bonds is 4. The second-order valence-corrected chi connectivity index (χ2v) is 6.10. The zero-order valence-corrected chi connectivity index (χ0v) is 13.9. The first-order chi connectivity index (χ1) is 12.2. The summed E-state index contributed by atoms with van der Waals surface area (Å²) in [5.74, 6) is 1.93. The monoisotopic (exact) mass is 334 g/mol. The number of carbonyl (C=O) groups excluding carboxylic acids is 1. The molecule has 4 rings (SSSR count). The average Bonchev–Trinajstić information content (AvgIpc) is 3.10. The Morgan fingerprint density at radius 3 is 2.88 bits per heavy atom. The molecule has 0 bridgehead atoms. The molecule has 2 heterocycles. The number of aryl methyl sites for hydroxylation is 1. The summed E-state index contributed by atoms with van der Waals surface area (Å²) in [6.07, 6.45) is 2.52. The second-order valence-electron chi connectivity index (χ2n) is 6.10. The van der Waals surface area contributed by atoms with Crippen molar-refractivity contribution in [2.24, 2.45) is 0 Å². The Labute approximate surface area is 145 Å². The van der Waals surface area contributed by atoms with E-state index in [4.69, 9.17) is 9.15 Å². The van der Waals surface area contributed by atoms with Crippen LogP contribution in [0.2, 0.25) is 0 Å². The maximum Gasteiger partial charge on any atom is 0.251 e. The Bertz CT molecular complexity index is 913. The second kappa shape index (κ2) is 6.43. The minimum atomic E-state index is -0.0248. The molecule has 25 heavy (non-hydrogen) atoms. The van der Waals surface area contributed by atoms with Crippen LogP contribution >= 0.6 is 0 Å². The van der Waals surface area contributed by atoms with Gasteiger partial charge >= 0.3 is 0 Å². The summed E-state index contributed by atoms with van der Waals surface area (Å²) in [4.78, 5) is 16.0. The van der Waals surface area contributed by atoms with Crippen LogP contribution in [0, 0.1) is 6.92 Å². The third-order valence-electron chi connectivity index (χ3n) is 4.25. The molecular weight excluding hydrogens is 316 g/mol. The number of hydrogen-bond donors (Lipinski definition) is 1. The van der Waals surface area contributed by atoms with Gasteiger partial charge in [-0.25, -0.2) is 4.98 Å². The van der Waals surface area contributed by atoms with Crippen molar-refractivity contribution in [2.45, 2.75) is 20.0 Å². The summed E-state index contributed by atoms with van der Waals surface area (Å²) in [5.41, 5.74) is 3.92. The highest BCUT2D eigenvalue weighted by Gasteiger charge is 2.17. The molecule has 0 aliphatic carbocycles. The third kappa shape index (κ3) is 3.26. The summed E-state index contributed by atoms with van der Waals surface area (Å²) in [5, 5.41) is 2.83. The van der Waals surface area contributed by atoms with E-state index < -0.39 is 0 Å². The maximum absolute atomic E-state index is 11.8. The maximum atomic E-state index is 11.8. The van der Waals surface area contributed by atoms with Crippen LogP contribution in [0.5, 0.6) is 5.75 Å². The number of amides is 1. The van der Waals surface area contributed by atoms with Crippen LogP contribution in [-0.4, -0.2) is 17.4 Å². The number of nitrogens with zero attached hydrogens (tertiary/aromatic N) is 1. The van der Waals surface area contributed by atoms with E-state index in [1.807, 2.05) is 37.3 Å². The molecule has 5 heteroatoms. The minimum Gasteiger partial charge on any atom is -0.484 e. The first kappa shape index (κ1) is 15.4. The van der Waals surface area contributed by atoms with E-state index in [1.165, 1.54) is 5.56 Å². The fourth-order valence-corrected chi connectivity index (χ4v) is 2.87. The molecular formula is C20H18N2O3. The smallest absolute Gasteiger partial charge is 0.251 e. The Kier molecular flexibility index (Phi) is 3.98. The van der Waals surface area contributed by atoms with E-state index in [1.54, 1.807) is 18.3 Å². The first-order valence-electron chi connectivity index (χ1n) is 8.25. The van der Waals surface area contributed by atoms with Gasteiger partial charge < -0.3 is 14.5 Å². The van der Waals surface area contributed by atoms with Gasteiger partial charge in [-0.2, -0.15) is 0 Å². The number of fused-ring (bicyclic) bond motifs is 1. The minimum absolute atomic E-state index is 0.0248. The van der Waals surface area contributed by atoms with Gasteiger partial charge in [0.15, 0.2) is 12.4 Å². The molecule has 0 saturated carbocycles. The molecule has 0 atom stereocenters. The molecule has 5 nitrogen and oxygen atoms in total. The number of nitrogens with one attached hydrogen (secondary N) is 1. The molecule has 0 fully saturated rings. The van der Waals surface area contributed by atoms with Gasteiger partial charge in [0.2, 0.25) is 5.89 Å². The van der Waals surface area contributed by atoms with Gasteiger partial charge in [-0.05, 0) is 37.1 Å². The molecule has 0 spiro atoms. The van der Waals surface area contributed by atoms with Crippen molar-refractivity contribution in [2.75, 3.05) is 6.54 Å². The molecule has 126 valence electrons. The van der Waals surface area contributed by atoms with Crippen LogP contribution in [-0.2, 0) is 13.0 Å². The predicted octanol–water partition coefficient (Wildman–Crippen LogP) is 3.51. The van der Waals surface area contributed by atoms with Crippen molar-refractivity contribution in [3.8, 4) is 17.1 Å². The highest BCUT2D eigenvalue weighted by atomic mass is 16.5. The summed E-state index contributed by atoms with van der Waals surface area (Å²) in [7, 11) is 0. The van der Waals surface area contributed by atoms with Crippen molar-refractivity contribution >= 4 is 5.91 Å². The van der Waals surface area contributed by atoms with Crippen molar-refractivity contribution in [3.63, 3.8) is 0 Å². The molecule has 1 aliphatic rings. The number of carbonyl (C=O) groups is 1. The van der Waals surface area contributed by atoms with E-state index >= 15 is 0 Å². The lowest BCUT2D eigenvalue weighted by molar-refractivity contribution is 0.0946. The SMILES string of the molecule is Cc1ccc(-c2cnc(COc3ccc4c(c3)CCNC4=O)o2)cc1. The Morgan fingerprint density at radius 1 is 1.20 bits per heavy atom. The lowest BCUT2D eigenvalue weighted by Crippen LogP contribution is -2.31. The van der Waals surface area contributed by atoms with Gasteiger partial charge in [0.05, 0.1) is 6.20 Å². The largest absolute Gasteiger partial charge is 0.484 e. The summed E-state index contributed by atoms with van der Waals surface area (Å²) < 4.78 is 11.5. The lowest BCUT2D eigenvalue weighted by atomic mass is 10.0. The Morgan fingerprint density at radius 2 is 2.04 bits per heavy atom. The Balaban J connectivity index is 1.45. The topological polar surface area (TPSA) is 64.4 Å². The zero-order chi connectivity index (χ0) is 17.2. The van der Waals surface area contributed by atoms with Crippen molar-refractivity contribution < 1.29 is 13.9 Å². The summed E-state index contributed by atoms with van der Waals surface area (Å²) in [6, 6.07) is 13.6. The van der Waals surface area contributed by atoms with Crippen LogP contribution in [0.3, 0.4) is 0 Å². The van der Waals surface area contributed by atoms with E-state index in [0.29, 0.717) is 18.2 Å². The fourth-order valence-electron chi connectivity index (χ4n) is 2.87. The number of oxazole rings is 1. The van der Waals surface area contributed by atoms with Gasteiger partial charge in [0.25, 0.3) is 5.91 Å². The van der Waals surface area contributed by atoms with Crippen LogP contribution in [0.25, 0.3) is 11.3 Å². The van der Waals surface area contributed by atoms with Crippen molar-refractivity contribution in [1.82, 2.24) is 10.3 Å². The number of aromatic nitrogens is 1. The number of ether oxygens (including phenoxy) is 1. The number of benzene rings is 2. The van der Waals surface area contributed by atoms with Crippen LogP contribution < -0.4 is 10.1 Å². The number of hydrogen-bond acceptors (Lipinski definition) is 4. The van der Waals surface area contributed by atoms with Crippen LogP contribution in [0.1, 0.15) is 27.4 Å². The molecule has 0 unspecified atom stereocenters. The molecule has 3 aromatic rings. The van der Waals surface area contributed by atoms with Gasteiger partial charge in [-0.15, -0.1) is 0 Å². The quantitative estimate of drug-likeness (QED) is 0.793. The summed E-state index contributed by atoms with van der Waals surface area (Å²) in [6.45, 7) is 2.96. The highest BCUT2D eigenvalue weighted by molar-refractivity contribution is 5.96. The van der Waals surface area contributed by atoms with E-state index in [-0.39, 0.29) is 12.5 Å². The van der Waals surface area contributed by atoms with Gasteiger partial charge in [-0.1, -0.05) is 29.8 Å². The van der Waals surface area contributed by atoms with E-state index in [9.17, 15) is 4.79 Å². The molecule has 1 aromatic heterocycles. The van der Waals surface area contributed by atoms with Crippen LogP contribution in [0.15, 0.2) is 53.1 Å².